The summed E-state index contributed by atoms with van der Waals surface area (Å²) >= 11 is 0. The molecule has 0 saturated carbocycles. The van der Waals surface area contributed by atoms with Crippen LogP contribution in [0.15, 0.2) is 23.2 Å². The van der Waals surface area contributed by atoms with Crippen LogP contribution >= 0.6 is 24.0 Å². The Hall–Kier alpha value is -1.30. The van der Waals surface area contributed by atoms with Crippen molar-refractivity contribution in [3.8, 4) is 11.5 Å². The number of nitrogens with one attached hydrogen (secondary N) is 2. The first-order chi connectivity index (χ1) is 14.6. The first-order valence-electron chi connectivity index (χ1n) is 10.7. The summed E-state index contributed by atoms with van der Waals surface area (Å²) in [5.74, 6) is 2.26. The number of likely N-dealkylation sites (N-methyl/N-ethyl adjacent to an activating group) is 1. The number of rotatable bonds is 12. The highest BCUT2D eigenvalue weighted by molar-refractivity contribution is 14.0. The fraction of sp³-hybridized carbons (Fsp3) is 0.682. The number of nitrogens with zero attached hydrogens (tertiary/aromatic N) is 2. The standard InChI is InChI=1S/C22H38N4O4.HI/c1-6-23-22(24-11-7-12-30-18-10-13-29-16-18)25-15-19(26(2)3)17-8-9-20(27-4)21(14-17)28-5;/h8-9,14,18-19H,6-7,10-13,15-16H2,1-5H3,(H2,23,24,25);1H. The Morgan fingerprint density at radius 3 is 2.61 bits per heavy atom. The molecule has 0 aromatic heterocycles. The third-order valence-corrected chi connectivity index (χ3v) is 5.04. The molecule has 9 heteroatoms. The van der Waals surface area contributed by atoms with E-state index in [0.717, 1.165) is 68.8 Å². The fourth-order valence-electron chi connectivity index (χ4n) is 3.32. The molecule has 31 heavy (non-hydrogen) atoms. The van der Waals surface area contributed by atoms with Crippen LogP contribution in [0.1, 0.15) is 31.4 Å². The van der Waals surface area contributed by atoms with Gasteiger partial charge in [-0.2, -0.15) is 0 Å². The Labute approximate surface area is 204 Å². The lowest BCUT2D eigenvalue weighted by atomic mass is 10.1. The van der Waals surface area contributed by atoms with Crippen LogP contribution in [0.5, 0.6) is 11.5 Å². The number of aliphatic imine (C=N–C) groups is 1. The zero-order valence-corrected chi connectivity index (χ0v) is 21.8. The molecule has 1 aromatic carbocycles. The van der Waals surface area contributed by atoms with Crippen molar-refractivity contribution in [2.24, 2.45) is 4.99 Å². The minimum Gasteiger partial charge on any atom is -0.493 e. The average Bonchev–Trinajstić information content (AvgIpc) is 3.26. The summed E-state index contributed by atoms with van der Waals surface area (Å²) in [4.78, 5) is 6.96. The number of benzene rings is 1. The van der Waals surface area contributed by atoms with E-state index in [-0.39, 0.29) is 36.1 Å². The van der Waals surface area contributed by atoms with E-state index in [1.807, 2.05) is 12.1 Å². The molecule has 2 atom stereocenters. The second-order valence-electron chi connectivity index (χ2n) is 7.45. The molecule has 1 aromatic rings. The van der Waals surface area contributed by atoms with Crippen molar-refractivity contribution in [3.05, 3.63) is 23.8 Å². The molecule has 0 radical (unpaired) electrons. The summed E-state index contributed by atoms with van der Waals surface area (Å²) in [5.41, 5.74) is 1.13. The zero-order chi connectivity index (χ0) is 21.8. The molecule has 1 aliphatic heterocycles. The Morgan fingerprint density at radius 2 is 2.00 bits per heavy atom. The monoisotopic (exact) mass is 550 g/mol. The quantitative estimate of drug-likeness (QED) is 0.179. The minimum atomic E-state index is 0. The predicted octanol–water partition coefficient (Wildman–Crippen LogP) is 2.68. The van der Waals surface area contributed by atoms with Crippen LogP contribution < -0.4 is 20.1 Å². The van der Waals surface area contributed by atoms with Crippen molar-refractivity contribution >= 4 is 29.9 Å². The Kier molecular flexibility index (Phi) is 13.9. The van der Waals surface area contributed by atoms with Gasteiger partial charge in [0.2, 0.25) is 0 Å². The van der Waals surface area contributed by atoms with Crippen LogP contribution in [0.2, 0.25) is 0 Å². The predicted molar refractivity (Wildman–Crippen MR) is 135 cm³/mol. The van der Waals surface area contributed by atoms with E-state index in [1.54, 1.807) is 14.2 Å². The molecule has 1 fully saturated rings. The molecule has 1 heterocycles. The molecule has 2 rings (SSSR count). The molecule has 0 bridgehead atoms. The van der Waals surface area contributed by atoms with E-state index >= 15 is 0 Å². The lowest BCUT2D eigenvalue weighted by Crippen LogP contribution is -2.39. The summed E-state index contributed by atoms with van der Waals surface area (Å²) in [6, 6.07) is 6.13. The van der Waals surface area contributed by atoms with Crippen LogP contribution in [-0.2, 0) is 9.47 Å². The maximum absolute atomic E-state index is 5.82. The van der Waals surface area contributed by atoms with Crippen molar-refractivity contribution in [1.82, 2.24) is 15.5 Å². The largest absolute Gasteiger partial charge is 0.493 e. The Bertz CT molecular complexity index is 654. The Balaban J connectivity index is 0.00000480. The van der Waals surface area contributed by atoms with Crippen molar-refractivity contribution in [1.29, 1.82) is 0 Å². The molecule has 0 aliphatic carbocycles. The number of hydrogen-bond acceptors (Lipinski definition) is 6. The van der Waals surface area contributed by atoms with Gasteiger partial charge in [0.05, 0.1) is 39.5 Å². The van der Waals surface area contributed by atoms with Gasteiger partial charge < -0.3 is 34.5 Å². The van der Waals surface area contributed by atoms with Crippen molar-refractivity contribution < 1.29 is 18.9 Å². The second-order valence-corrected chi connectivity index (χ2v) is 7.45. The molecule has 178 valence electrons. The maximum atomic E-state index is 5.82. The SMILES string of the molecule is CCNC(=NCC(c1ccc(OC)c(OC)c1)N(C)C)NCCCOC1CCOC1.I. The van der Waals surface area contributed by atoms with Gasteiger partial charge in [0.1, 0.15) is 0 Å². The van der Waals surface area contributed by atoms with Gasteiger partial charge in [0, 0.05) is 26.3 Å². The first-order valence-corrected chi connectivity index (χ1v) is 10.7. The summed E-state index contributed by atoms with van der Waals surface area (Å²) in [6.45, 7) is 6.57. The van der Waals surface area contributed by atoms with E-state index in [0.29, 0.717) is 6.54 Å². The molecule has 1 saturated heterocycles. The van der Waals surface area contributed by atoms with E-state index in [1.165, 1.54) is 0 Å². The van der Waals surface area contributed by atoms with Crippen LogP contribution in [-0.4, -0.2) is 84.7 Å². The fourth-order valence-corrected chi connectivity index (χ4v) is 3.32. The van der Waals surface area contributed by atoms with Gasteiger partial charge in [-0.05, 0) is 51.6 Å². The molecule has 2 N–H and O–H groups in total. The van der Waals surface area contributed by atoms with E-state index < -0.39 is 0 Å². The third-order valence-electron chi connectivity index (χ3n) is 5.04. The number of ether oxygens (including phenoxy) is 4. The molecular formula is C22H39IN4O4. The average molecular weight is 550 g/mol. The summed E-state index contributed by atoms with van der Waals surface area (Å²) in [5, 5.41) is 6.71. The van der Waals surface area contributed by atoms with Gasteiger partial charge in [0.15, 0.2) is 17.5 Å². The van der Waals surface area contributed by atoms with Gasteiger partial charge >= 0.3 is 0 Å². The number of halogens is 1. The lowest BCUT2D eigenvalue weighted by molar-refractivity contribution is 0.0420. The van der Waals surface area contributed by atoms with Crippen LogP contribution in [0.4, 0.5) is 0 Å². The van der Waals surface area contributed by atoms with Gasteiger partial charge in [-0.15, -0.1) is 24.0 Å². The zero-order valence-electron chi connectivity index (χ0n) is 19.5. The summed E-state index contributed by atoms with van der Waals surface area (Å²) in [6.07, 6.45) is 2.18. The van der Waals surface area contributed by atoms with Crippen LogP contribution in [0, 0.1) is 0 Å². The molecular weight excluding hydrogens is 511 g/mol. The molecule has 0 amide bonds. The van der Waals surface area contributed by atoms with Crippen molar-refractivity contribution in [2.45, 2.75) is 31.9 Å². The molecule has 2 unspecified atom stereocenters. The van der Waals surface area contributed by atoms with Gasteiger partial charge in [-0.1, -0.05) is 6.07 Å². The minimum absolute atomic E-state index is 0. The van der Waals surface area contributed by atoms with Gasteiger partial charge in [0.25, 0.3) is 0 Å². The normalized spacial score (nSPS) is 17.2. The smallest absolute Gasteiger partial charge is 0.191 e. The first kappa shape index (κ1) is 27.7. The molecule has 8 nitrogen and oxygen atoms in total. The van der Waals surface area contributed by atoms with Gasteiger partial charge in [-0.25, -0.2) is 0 Å². The lowest BCUT2D eigenvalue weighted by Gasteiger charge is -2.24. The summed E-state index contributed by atoms with van der Waals surface area (Å²) < 4.78 is 22.0. The highest BCUT2D eigenvalue weighted by Gasteiger charge is 2.17. The van der Waals surface area contributed by atoms with Gasteiger partial charge in [-0.3, -0.25) is 4.99 Å². The number of hydrogen-bond donors (Lipinski definition) is 2. The number of methoxy groups -OCH3 is 2. The van der Waals surface area contributed by atoms with E-state index in [9.17, 15) is 0 Å². The number of guanidine groups is 1. The highest BCUT2D eigenvalue weighted by Crippen LogP contribution is 2.31. The highest BCUT2D eigenvalue weighted by atomic mass is 127. The van der Waals surface area contributed by atoms with Crippen LogP contribution in [0.3, 0.4) is 0 Å². The molecule has 0 spiro atoms. The van der Waals surface area contributed by atoms with Crippen molar-refractivity contribution in [2.75, 3.05) is 67.8 Å². The Morgan fingerprint density at radius 1 is 1.23 bits per heavy atom. The maximum Gasteiger partial charge on any atom is 0.191 e. The second kappa shape index (κ2) is 15.5. The topological polar surface area (TPSA) is 76.6 Å². The van der Waals surface area contributed by atoms with Crippen molar-refractivity contribution in [3.63, 3.8) is 0 Å². The van der Waals surface area contributed by atoms with E-state index in [2.05, 4.69) is 42.6 Å². The summed E-state index contributed by atoms with van der Waals surface area (Å²) in [7, 11) is 7.41. The third kappa shape index (κ3) is 9.38. The molecule has 1 aliphatic rings. The van der Waals surface area contributed by atoms with Crippen LogP contribution in [0.25, 0.3) is 0 Å². The van der Waals surface area contributed by atoms with E-state index in [4.69, 9.17) is 23.9 Å².